The number of hydrogen-bond donors (Lipinski definition) is 1. The van der Waals surface area contributed by atoms with Crippen LogP contribution in [0, 0.1) is 0 Å². The summed E-state index contributed by atoms with van der Waals surface area (Å²) in [6.45, 7) is 5.13. The Morgan fingerprint density at radius 3 is 1.90 bits per heavy atom. The average molecular weight is 152 g/mol. The minimum absolute atomic E-state index is 0. The van der Waals surface area contributed by atoms with Crippen molar-refractivity contribution in [3.8, 4) is 0 Å². The third kappa shape index (κ3) is 5.50. The Balaban J connectivity index is 0. The van der Waals surface area contributed by atoms with Gasteiger partial charge < -0.3 is 9.84 Å². The number of carboxylic acids is 1. The van der Waals surface area contributed by atoms with E-state index in [4.69, 9.17) is 9.84 Å². The van der Waals surface area contributed by atoms with E-state index in [2.05, 4.69) is 0 Å². The molecule has 1 N–H and O–H groups in total. The Labute approximate surface area is 59.4 Å². The van der Waals surface area contributed by atoms with Gasteiger partial charge in [0.25, 0.3) is 0 Å². The average Bonchev–Trinajstić information content (AvgIpc) is 1.63. The van der Waals surface area contributed by atoms with Crippen LogP contribution in [0.25, 0.3) is 0 Å². The lowest BCUT2D eigenvalue weighted by atomic mass is 10.4. The second kappa shape index (κ2) is 5.17. The van der Waals surface area contributed by atoms with Crippen LogP contribution in [0.3, 0.4) is 0 Å². The van der Waals surface area contributed by atoms with Gasteiger partial charge in [-0.05, 0) is 20.8 Å². The van der Waals surface area contributed by atoms with Gasteiger partial charge in [-0.15, -0.1) is 0 Å². The monoisotopic (exact) mass is 152 g/mol. The first kappa shape index (κ1) is 12.1. The number of ether oxygens (including phenoxy) is 1. The normalized spacial score (nSPS) is 12.4. The Kier molecular flexibility index (Phi) is 6.24. The Morgan fingerprint density at radius 1 is 1.40 bits per heavy atom. The van der Waals surface area contributed by atoms with E-state index in [1.165, 1.54) is 6.92 Å². The molecule has 0 radical (unpaired) electrons. The van der Waals surface area contributed by atoms with Crippen molar-refractivity contribution in [2.45, 2.75) is 33.0 Å². The summed E-state index contributed by atoms with van der Waals surface area (Å²) in [6, 6.07) is 0. The van der Waals surface area contributed by atoms with Crippen LogP contribution in [-0.2, 0) is 9.53 Å². The zero-order valence-electron chi connectivity index (χ0n) is 6.33. The van der Waals surface area contributed by atoms with Crippen LogP contribution < -0.4 is 0 Å². The SMILES string of the molecule is CC(C)OC(C)C(=O)O.F. The maximum absolute atomic E-state index is 10.1. The van der Waals surface area contributed by atoms with Gasteiger partial charge >= 0.3 is 5.97 Å². The highest BCUT2D eigenvalue weighted by molar-refractivity contribution is 5.71. The fourth-order valence-electron chi connectivity index (χ4n) is 0.466. The molecule has 0 amide bonds. The molecule has 0 aromatic rings. The second-order valence-electron chi connectivity index (χ2n) is 2.17. The zero-order chi connectivity index (χ0) is 7.44. The number of hydrogen-bond acceptors (Lipinski definition) is 2. The first-order valence-electron chi connectivity index (χ1n) is 2.92. The molecule has 0 spiro atoms. The van der Waals surface area contributed by atoms with Crippen molar-refractivity contribution in [3.63, 3.8) is 0 Å². The molecule has 1 atom stereocenters. The van der Waals surface area contributed by atoms with Crippen molar-refractivity contribution in [1.29, 1.82) is 0 Å². The zero-order valence-corrected chi connectivity index (χ0v) is 6.33. The highest BCUT2D eigenvalue weighted by Crippen LogP contribution is 1.95. The molecule has 0 aromatic heterocycles. The smallest absolute Gasteiger partial charge is 0.332 e. The van der Waals surface area contributed by atoms with Gasteiger partial charge in [-0.2, -0.15) is 0 Å². The molecule has 62 valence electrons. The minimum atomic E-state index is -0.913. The molecule has 3 nitrogen and oxygen atoms in total. The van der Waals surface area contributed by atoms with Crippen molar-refractivity contribution in [3.05, 3.63) is 0 Å². The van der Waals surface area contributed by atoms with Gasteiger partial charge in [0.05, 0.1) is 6.10 Å². The van der Waals surface area contributed by atoms with E-state index in [-0.39, 0.29) is 10.8 Å². The van der Waals surface area contributed by atoms with Gasteiger partial charge in [-0.25, -0.2) is 4.79 Å². The Morgan fingerprint density at radius 2 is 1.80 bits per heavy atom. The molecule has 0 aromatic carbocycles. The lowest BCUT2D eigenvalue weighted by molar-refractivity contribution is -0.151. The van der Waals surface area contributed by atoms with Gasteiger partial charge in [0, 0.05) is 0 Å². The van der Waals surface area contributed by atoms with E-state index in [0.717, 1.165) is 0 Å². The number of carbonyl (C=O) groups is 1. The molecule has 0 fully saturated rings. The predicted octanol–water partition coefficient (Wildman–Crippen LogP) is 1.04. The van der Waals surface area contributed by atoms with Crippen molar-refractivity contribution in [2.24, 2.45) is 0 Å². The van der Waals surface area contributed by atoms with Crippen LogP contribution in [0.4, 0.5) is 4.70 Å². The highest BCUT2D eigenvalue weighted by atomic mass is 19.0. The summed E-state index contributed by atoms with van der Waals surface area (Å²) in [7, 11) is 0. The first-order chi connectivity index (χ1) is 4.04. The number of rotatable bonds is 3. The summed E-state index contributed by atoms with van der Waals surface area (Å²) in [5, 5.41) is 8.31. The fourth-order valence-corrected chi connectivity index (χ4v) is 0.466. The molecular formula is C6H13FO3. The standard InChI is InChI=1S/C6H12O3.FH/c1-4(2)9-5(3)6(7)8;/h4-5H,1-3H3,(H,7,8);1H. The van der Waals surface area contributed by atoms with Crippen molar-refractivity contribution in [1.82, 2.24) is 0 Å². The summed E-state index contributed by atoms with van der Waals surface area (Å²) in [5.41, 5.74) is 0. The van der Waals surface area contributed by atoms with Crippen molar-refractivity contribution >= 4 is 5.97 Å². The molecule has 4 heteroatoms. The fraction of sp³-hybridized carbons (Fsp3) is 0.833. The van der Waals surface area contributed by atoms with Crippen LogP contribution in [0.1, 0.15) is 20.8 Å². The van der Waals surface area contributed by atoms with E-state index in [9.17, 15) is 4.79 Å². The largest absolute Gasteiger partial charge is 0.479 e. The summed E-state index contributed by atoms with van der Waals surface area (Å²) >= 11 is 0. The van der Waals surface area contributed by atoms with Crippen LogP contribution in [0.2, 0.25) is 0 Å². The highest BCUT2D eigenvalue weighted by Gasteiger charge is 2.11. The summed E-state index contributed by atoms with van der Waals surface area (Å²) in [5.74, 6) is -0.913. The topological polar surface area (TPSA) is 46.5 Å². The van der Waals surface area contributed by atoms with E-state index < -0.39 is 12.1 Å². The molecule has 0 aliphatic heterocycles. The maximum atomic E-state index is 10.1. The summed E-state index contributed by atoms with van der Waals surface area (Å²) in [4.78, 5) is 10.1. The number of halogens is 1. The van der Waals surface area contributed by atoms with E-state index >= 15 is 0 Å². The van der Waals surface area contributed by atoms with Crippen LogP contribution in [0.5, 0.6) is 0 Å². The molecule has 10 heavy (non-hydrogen) atoms. The number of carboxylic acid groups (broad SMARTS) is 1. The molecule has 0 saturated heterocycles. The van der Waals surface area contributed by atoms with Crippen LogP contribution in [0.15, 0.2) is 0 Å². The van der Waals surface area contributed by atoms with E-state index in [0.29, 0.717) is 0 Å². The molecule has 1 unspecified atom stereocenters. The van der Waals surface area contributed by atoms with Crippen LogP contribution >= 0.6 is 0 Å². The molecule has 0 bridgehead atoms. The van der Waals surface area contributed by atoms with Gasteiger partial charge in [0.15, 0.2) is 6.10 Å². The van der Waals surface area contributed by atoms with Crippen molar-refractivity contribution < 1.29 is 19.3 Å². The molecule has 0 aliphatic rings. The quantitative estimate of drug-likeness (QED) is 0.657. The molecule has 0 saturated carbocycles. The molecule has 0 heterocycles. The molecule has 0 aliphatic carbocycles. The summed E-state index contributed by atoms with van der Waals surface area (Å²) in [6.07, 6.45) is -0.707. The van der Waals surface area contributed by atoms with Gasteiger partial charge in [0.2, 0.25) is 0 Å². The molecular weight excluding hydrogens is 139 g/mol. The Hall–Kier alpha value is -0.640. The maximum Gasteiger partial charge on any atom is 0.332 e. The third-order valence-electron chi connectivity index (χ3n) is 0.824. The van der Waals surface area contributed by atoms with E-state index in [1.54, 1.807) is 13.8 Å². The van der Waals surface area contributed by atoms with Crippen molar-refractivity contribution in [2.75, 3.05) is 0 Å². The van der Waals surface area contributed by atoms with Gasteiger partial charge in [-0.1, -0.05) is 0 Å². The Bertz CT molecular complexity index is 103. The third-order valence-corrected chi connectivity index (χ3v) is 0.824. The number of aliphatic carboxylic acids is 1. The lowest BCUT2D eigenvalue weighted by Crippen LogP contribution is -2.23. The summed E-state index contributed by atoms with van der Waals surface area (Å²) < 4.78 is 4.91. The minimum Gasteiger partial charge on any atom is -0.479 e. The van der Waals surface area contributed by atoms with Gasteiger partial charge in [-0.3, -0.25) is 4.70 Å². The lowest BCUT2D eigenvalue weighted by Gasteiger charge is -2.10. The van der Waals surface area contributed by atoms with Gasteiger partial charge in [0.1, 0.15) is 0 Å². The predicted molar refractivity (Wildman–Crippen MR) is 35.8 cm³/mol. The van der Waals surface area contributed by atoms with E-state index in [1.807, 2.05) is 0 Å². The second-order valence-corrected chi connectivity index (χ2v) is 2.17. The molecule has 0 rings (SSSR count). The van der Waals surface area contributed by atoms with Crippen LogP contribution in [-0.4, -0.2) is 23.3 Å². The first-order valence-corrected chi connectivity index (χ1v) is 2.92.